The molecule has 0 amide bonds. The van der Waals surface area contributed by atoms with Crippen LogP contribution in [0.5, 0.6) is 5.75 Å². The lowest BCUT2D eigenvalue weighted by Gasteiger charge is -2.23. The molecule has 0 radical (unpaired) electrons. The summed E-state index contributed by atoms with van der Waals surface area (Å²) >= 11 is 0. The molecular weight excluding hydrogens is 228 g/mol. The number of aliphatic hydroxyl groups excluding tert-OH is 1. The zero-order valence-electron chi connectivity index (χ0n) is 11.8. The second-order valence-electron chi connectivity index (χ2n) is 5.38. The van der Waals surface area contributed by atoms with Crippen LogP contribution in [0.1, 0.15) is 31.7 Å². The van der Waals surface area contributed by atoms with Crippen molar-refractivity contribution in [3.63, 3.8) is 0 Å². The van der Waals surface area contributed by atoms with E-state index in [0.717, 1.165) is 30.1 Å². The third kappa shape index (κ3) is 5.02. The van der Waals surface area contributed by atoms with Crippen molar-refractivity contribution in [2.24, 2.45) is 5.41 Å². The first-order chi connectivity index (χ1) is 8.46. The Hall–Kier alpha value is -1.13. The minimum Gasteiger partial charge on any atom is -0.497 e. The van der Waals surface area contributed by atoms with Gasteiger partial charge in [-0.1, -0.05) is 13.8 Å². The number of hydrogen-bond acceptors (Lipinski definition) is 4. The van der Waals surface area contributed by atoms with Crippen molar-refractivity contribution in [2.45, 2.75) is 33.7 Å². The second-order valence-corrected chi connectivity index (χ2v) is 5.38. The van der Waals surface area contributed by atoms with Gasteiger partial charge in [0.05, 0.1) is 12.8 Å². The minimum absolute atomic E-state index is 0.0999. The Morgan fingerprint density at radius 3 is 2.72 bits per heavy atom. The molecule has 102 valence electrons. The molecule has 0 aliphatic carbocycles. The van der Waals surface area contributed by atoms with Gasteiger partial charge in [-0.05, 0) is 18.8 Å². The van der Waals surface area contributed by atoms with Gasteiger partial charge in [0.15, 0.2) is 0 Å². The Bertz CT molecular complexity index is 378. The van der Waals surface area contributed by atoms with Gasteiger partial charge in [0.2, 0.25) is 0 Å². The summed E-state index contributed by atoms with van der Waals surface area (Å²) in [5, 5.41) is 12.3. The molecule has 1 aromatic heterocycles. The number of aromatic nitrogens is 1. The lowest BCUT2D eigenvalue weighted by atomic mass is 9.90. The first-order valence-corrected chi connectivity index (χ1v) is 6.30. The van der Waals surface area contributed by atoms with Gasteiger partial charge >= 0.3 is 0 Å². The van der Waals surface area contributed by atoms with Gasteiger partial charge in [0.1, 0.15) is 5.75 Å². The van der Waals surface area contributed by atoms with Gasteiger partial charge in [-0.3, -0.25) is 4.98 Å². The number of ether oxygens (including phenoxy) is 1. The molecule has 0 saturated carbocycles. The molecule has 0 bridgehead atoms. The van der Waals surface area contributed by atoms with E-state index in [2.05, 4.69) is 24.1 Å². The smallest absolute Gasteiger partial charge is 0.122 e. The standard InChI is InChI=1S/C14H24N2O2/c1-11-7-13(18-4)8-12(16-11)9-15-10-14(2,3)5-6-17/h7-8,15,17H,5-6,9-10H2,1-4H3. The van der Waals surface area contributed by atoms with E-state index in [1.165, 1.54) is 0 Å². The Kier molecular flexibility index (Phi) is 5.56. The first-order valence-electron chi connectivity index (χ1n) is 6.30. The molecule has 0 saturated heterocycles. The molecule has 4 nitrogen and oxygen atoms in total. The molecule has 1 rings (SSSR count). The predicted octanol–water partition coefficient (Wildman–Crippen LogP) is 1.90. The van der Waals surface area contributed by atoms with Gasteiger partial charge in [-0.2, -0.15) is 0 Å². The Balaban J connectivity index is 2.51. The maximum absolute atomic E-state index is 8.97. The van der Waals surface area contributed by atoms with Crippen LogP contribution in [0.2, 0.25) is 0 Å². The fourth-order valence-electron chi connectivity index (χ4n) is 1.83. The number of methoxy groups -OCH3 is 1. The molecule has 1 heterocycles. The fraction of sp³-hybridized carbons (Fsp3) is 0.643. The van der Waals surface area contributed by atoms with Gasteiger partial charge < -0.3 is 15.2 Å². The van der Waals surface area contributed by atoms with Crippen LogP contribution in [-0.4, -0.2) is 30.4 Å². The summed E-state index contributed by atoms with van der Waals surface area (Å²) < 4.78 is 5.22. The third-order valence-electron chi connectivity index (χ3n) is 2.91. The van der Waals surface area contributed by atoms with Crippen LogP contribution in [0.3, 0.4) is 0 Å². The average Bonchev–Trinajstić information content (AvgIpc) is 2.27. The molecule has 0 aliphatic rings. The van der Waals surface area contributed by atoms with Crippen LogP contribution in [-0.2, 0) is 6.54 Å². The summed E-state index contributed by atoms with van der Waals surface area (Å²) in [5.74, 6) is 0.842. The number of pyridine rings is 1. The molecule has 0 fully saturated rings. The van der Waals surface area contributed by atoms with Crippen molar-refractivity contribution in [1.29, 1.82) is 0 Å². The van der Waals surface area contributed by atoms with Crippen LogP contribution in [0.25, 0.3) is 0 Å². The van der Waals surface area contributed by atoms with Gasteiger partial charge in [0, 0.05) is 37.5 Å². The van der Waals surface area contributed by atoms with E-state index in [1.807, 2.05) is 19.1 Å². The number of nitrogens with one attached hydrogen (secondary N) is 1. The minimum atomic E-state index is 0.0999. The number of rotatable bonds is 7. The lowest BCUT2D eigenvalue weighted by molar-refractivity contribution is 0.207. The fourth-order valence-corrected chi connectivity index (χ4v) is 1.83. The van der Waals surface area contributed by atoms with Crippen molar-refractivity contribution in [3.05, 3.63) is 23.5 Å². The normalized spacial score (nSPS) is 11.6. The zero-order valence-corrected chi connectivity index (χ0v) is 11.8. The highest BCUT2D eigenvalue weighted by atomic mass is 16.5. The highest BCUT2D eigenvalue weighted by Gasteiger charge is 2.16. The average molecular weight is 252 g/mol. The van der Waals surface area contributed by atoms with Crippen LogP contribution < -0.4 is 10.1 Å². The molecule has 2 N–H and O–H groups in total. The monoisotopic (exact) mass is 252 g/mol. The van der Waals surface area contributed by atoms with Crippen molar-refractivity contribution in [3.8, 4) is 5.75 Å². The SMILES string of the molecule is COc1cc(C)nc(CNCC(C)(C)CCO)c1. The third-order valence-corrected chi connectivity index (χ3v) is 2.91. The summed E-state index contributed by atoms with van der Waals surface area (Å²) in [5.41, 5.74) is 2.04. The Morgan fingerprint density at radius 2 is 2.11 bits per heavy atom. The zero-order chi connectivity index (χ0) is 13.6. The van der Waals surface area contributed by atoms with Gasteiger partial charge in [-0.15, -0.1) is 0 Å². The summed E-state index contributed by atoms with van der Waals surface area (Å²) in [4.78, 5) is 4.46. The predicted molar refractivity (Wildman–Crippen MR) is 72.7 cm³/mol. The van der Waals surface area contributed by atoms with Crippen molar-refractivity contribution in [1.82, 2.24) is 10.3 Å². The number of aryl methyl sites for hydroxylation is 1. The van der Waals surface area contributed by atoms with E-state index < -0.39 is 0 Å². The Labute approximate surface area is 109 Å². The second kappa shape index (κ2) is 6.71. The van der Waals surface area contributed by atoms with Crippen LogP contribution >= 0.6 is 0 Å². The summed E-state index contributed by atoms with van der Waals surface area (Å²) in [6.45, 7) is 8.03. The first kappa shape index (κ1) is 14.9. The van der Waals surface area contributed by atoms with Crippen molar-refractivity contribution in [2.75, 3.05) is 20.3 Å². The largest absolute Gasteiger partial charge is 0.497 e. The van der Waals surface area contributed by atoms with E-state index in [1.54, 1.807) is 7.11 Å². The topological polar surface area (TPSA) is 54.4 Å². The van der Waals surface area contributed by atoms with Crippen LogP contribution in [0, 0.1) is 12.3 Å². The van der Waals surface area contributed by atoms with Crippen molar-refractivity contribution >= 4 is 0 Å². The van der Waals surface area contributed by atoms with E-state index >= 15 is 0 Å². The Morgan fingerprint density at radius 1 is 1.39 bits per heavy atom. The number of hydrogen-bond donors (Lipinski definition) is 2. The highest BCUT2D eigenvalue weighted by molar-refractivity contribution is 5.26. The molecule has 0 aliphatic heterocycles. The molecule has 0 aromatic carbocycles. The molecule has 0 spiro atoms. The molecule has 0 atom stereocenters. The molecular formula is C14H24N2O2. The van der Waals surface area contributed by atoms with Crippen molar-refractivity contribution < 1.29 is 9.84 Å². The van der Waals surface area contributed by atoms with E-state index in [4.69, 9.17) is 9.84 Å². The number of aliphatic hydroxyl groups is 1. The summed E-state index contributed by atoms with van der Waals surface area (Å²) in [6.07, 6.45) is 0.796. The highest BCUT2D eigenvalue weighted by Crippen LogP contribution is 2.18. The summed E-state index contributed by atoms with van der Waals surface area (Å²) in [6, 6.07) is 3.86. The molecule has 0 unspecified atom stereocenters. The molecule has 1 aromatic rings. The van der Waals surface area contributed by atoms with Gasteiger partial charge in [-0.25, -0.2) is 0 Å². The van der Waals surface area contributed by atoms with Gasteiger partial charge in [0.25, 0.3) is 0 Å². The maximum atomic E-state index is 8.97. The van der Waals surface area contributed by atoms with Crippen LogP contribution in [0.15, 0.2) is 12.1 Å². The van der Waals surface area contributed by atoms with Crippen LogP contribution in [0.4, 0.5) is 0 Å². The molecule has 18 heavy (non-hydrogen) atoms. The number of nitrogens with zero attached hydrogens (tertiary/aromatic N) is 1. The maximum Gasteiger partial charge on any atom is 0.122 e. The summed E-state index contributed by atoms with van der Waals surface area (Å²) in [7, 11) is 1.66. The van der Waals surface area contributed by atoms with E-state index in [-0.39, 0.29) is 12.0 Å². The molecule has 4 heteroatoms. The van der Waals surface area contributed by atoms with E-state index in [0.29, 0.717) is 6.54 Å². The quantitative estimate of drug-likeness (QED) is 0.778. The van der Waals surface area contributed by atoms with E-state index in [9.17, 15) is 0 Å². The lowest BCUT2D eigenvalue weighted by Crippen LogP contribution is -2.30.